The Hall–Kier alpha value is -13.7. The SMILES string of the molecule is CC(C)(C)c1cccc2c1oc1ccc3c(c12)Oc1cc(N(c2ccccc2)c2ccccc2)cc2c1B3c1cc3c(cc1N2)Oc1cc(N(c2ccccc2)c2ccccc2)cc2c1B3c1cc3c(cc1O2)Oc1cc(N(c2ccccc2)c2ccccc2)cc2c1B3c1ccc3oc4c(C(C)(C)C)cccc4c3c1O2. The molecule has 0 bridgehead atoms. The Balaban J connectivity index is 0.766. The highest BCUT2D eigenvalue weighted by atomic mass is 16.5. The normalized spacial score (nSPS) is 13.5. The fraction of sp³-hybridized carbons (Fsp3) is 0.0816. The molecule has 0 fully saturated rings. The van der Waals surface area contributed by atoms with E-state index in [1.165, 1.54) is 0 Å². The van der Waals surface area contributed by atoms with Crippen LogP contribution in [-0.2, 0) is 10.8 Å². The lowest BCUT2D eigenvalue weighted by molar-refractivity contribution is 0.452. The molecule has 0 atom stereocenters. The summed E-state index contributed by atoms with van der Waals surface area (Å²) in [6, 6.07) is 107. The maximum Gasteiger partial charge on any atom is 0.260 e. The molecule has 0 amide bonds. The Kier molecular flexibility index (Phi) is 13.7. The Bertz CT molecular complexity index is 6340. The molecule has 6 aliphatic rings. The molecule has 0 aliphatic carbocycles. The van der Waals surface area contributed by atoms with Gasteiger partial charge in [-0.05, 0) is 140 Å². The Morgan fingerprint density at radius 2 is 0.589 bits per heavy atom. The van der Waals surface area contributed by atoms with Gasteiger partial charge in [-0.15, -0.1) is 0 Å². The lowest BCUT2D eigenvalue weighted by Gasteiger charge is -2.39. The molecule has 0 unspecified atom stereocenters. The van der Waals surface area contributed by atoms with Gasteiger partial charge in [-0.3, -0.25) is 0 Å². The number of para-hydroxylation sites is 8. The second-order valence-electron chi connectivity index (χ2n) is 32.3. The van der Waals surface area contributed by atoms with Crippen molar-refractivity contribution in [3.8, 4) is 57.5 Å². The number of hydrogen-bond donors (Lipinski definition) is 1. The van der Waals surface area contributed by atoms with Crippen LogP contribution >= 0.6 is 0 Å². The average molecular weight is 1450 g/mol. The van der Waals surface area contributed by atoms with Gasteiger partial charge in [0.05, 0.1) is 27.8 Å². The number of nitrogens with one attached hydrogen (secondary N) is 1. The smallest absolute Gasteiger partial charge is 0.260 e. The van der Waals surface area contributed by atoms with E-state index in [1.807, 2.05) is 0 Å². The fourth-order valence-corrected chi connectivity index (χ4v) is 18.6. The van der Waals surface area contributed by atoms with Crippen molar-refractivity contribution < 1.29 is 32.5 Å². The van der Waals surface area contributed by atoms with Gasteiger partial charge in [-0.1, -0.05) is 211 Å². The summed E-state index contributed by atoms with van der Waals surface area (Å²) in [6.45, 7) is 12.3. The number of ether oxygens (including phenoxy) is 5. The first-order chi connectivity index (χ1) is 54.8. The van der Waals surface area contributed by atoms with Crippen molar-refractivity contribution >= 4 is 176 Å². The van der Waals surface area contributed by atoms with Crippen molar-refractivity contribution in [2.75, 3.05) is 20.0 Å². The summed E-state index contributed by atoms with van der Waals surface area (Å²) in [5.41, 5.74) is 24.5. The number of fused-ring (bicyclic) bond motifs is 20. The standard InChI is InChI=1S/C98H69B3N4O7/c1-97(2,3)68-41-25-39-66-88-78(109-93(66)68)45-43-70-95(88)111-83-48-63(103(57-27-13-7-14-28-57)58-29-15-8-16-30-58)47-77-90(83)99(70)72-53-73-80(55-76(72)102-77)106-84-49-64(104(59-31-17-9-18-32-59)60-33-19-10-20-34-60)50-85-91(84)101(73)75-54-74-81(56-82(75)108-85)107-86-51-65(105(61-35-21-11-22-36-61)62-37-23-12-24-38-62)52-87-92(86)100(74)71-44-46-79-89(96(71)112-87)67-40-26-42-69(94(67)110-79)98(4,5)6/h7-56,102H,1-6H3. The highest BCUT2D eigenvalue weighted by Gasteiger charge is 2.49. The van der Waals surface area contributed by atoms with Gasteiger partial charge in [-0.2, -0.15) is 0 Å². The summed E-state index contributed by atoms with van der Waals surface area (Å²) in [4.78, 5) is 6.84. The highest BCUT2D eigenvalue weighted by molar-refractivity contribution is 7.03. The largest absolute Gasteiger partial charge is 0.458 e. The highest BCUT2D eigenvalue weighted by Crippen LogP contribution is 2.52. The minimum atomic E-state index is -0.433. The average Bonchev–Trinajstić information content (AvgIpc) is 0.831. The van der Waals surface area contributed by atoms with E-state index in [-0.39, 0.29) is 24.3 Å². The molecular weight excluding hydrogens is 1380 g/mol. The zero-order chi connectivity index (χ0) is 74.6. The van der Waals surface area contributed by atoms with E-state index in [2.05, 4.69) is 365 Å². The predicted molar refractivity (Wildman–Crippen MR) is 459 cm³/mol. The molecule has 11 nitrogen and oxygen atoms in total. The maximum absolute atomic E-state index is 7.66. The lowest BCUT2D eigenvalue weighted by Crippen LogP contribution is -2.63. The second-order valence-corrected chi connectivity index (χ2v) is 32.3. The molecular formula is C98H69B3N4O7. The van der Waals surface area contributed by atoms with Gasteiger partial charge in [0.25, 0.3) is 20.1 Å². The third-order valence-corrected chi connectivity index (χ3v) is 23.5. The number of furan rings is 2. The van der Waals surface area contributed by atoms with E-state index >= 15 is 0 Å². The molecule has 23 rings (SSSR count). The molecule has 15 aromatic carbocycles. The number of hydrogen-bond acceptors (Lipinski definition) is 11. The van der Waals surface area contributed by atoms with Crippen LogP contribution in [0.25, 0.3) is 43.9 Å². The number of benzene rings is 15. The van der Waals surface area contributed by atoms with Crippen LogP contribution in [0.5, 0.6) is 57.5 Å². The van der Waals surface area contributed by atoms with Gasteiger partial charge in [0.15, 0.2) is 0 Å². The van der Waals surface area contributed by atoms with Crippen LogP contribution in [0.1, 0.15) is 52.7 Å². The fourth-order valence-electron chi connectivity index (χ4n) is 18.6. The van der Waals surface area contributed by atoms with E-state index < -0.39 is 6.71 Å². The molecule has 1 N–H and O–H groups in total. The van der Waals surface area contributed by atoms with E-state index in [0.717, 1.165) is 190 Å². The third-order valence-electron chi connectivity index (χ3n) is 23.5. The van der Waals surface area contributed by atoms with Crippen LogP contribution in [0.15, 0.2) is 312 Å². The number of rotatable bonds is 9. The van der Waals surface area contributed by atoms with E-state index in [4.69, 9.17) is 32.5 Å². The Morgan fingerprint density at radius 3 is 0.973 bits per heavy atom. The molecule has 14 heteroatoms. The van der Waals surface area contributed by atoms with Gasteiger partial charge in [0, 0.05) is 121 Å². The summed E-state index contributed by atoms with van der Waals surface area (Å²) in [5, 5.41) is 7.97. The van der Waals surface area contributed by atoms with Crippen molar-refractivity contribution in [3.63, 3.8) is 0 Å². The van der Waals surface area contributed by atoms with E-state index in [0.29, 0.717) is 34.5 Å². The van der Waals surface area contributed by atoms with Crippen molar-refractivity contribution in [2.24, 2.45) is 0 Å². The third kappa shape index (κ3) is 9.70. The second kappa shape index (κ2) is 23.9. The van der Waals surface area contributed by atoms with Crippen LogP contribution in [-0.4, -0.2) is 20.1 Å². The zero-order valence-electron chi connectivity index (χ0n) is 62.3. The van der Waals surface area contributed by atoms with Gasteiger partial charge >= 0.3 is 0 Å². The van der Waals surface area contributed by atoms with Crippen molar-refractivity contribution in [2.45, 2.75) is 52.4 Å². The van der Waals surface area contributed by atoms with Crippen LogP contribution < -0.4 is 92.9 Å². The summed E-state index contributed by atoms with van der Waals surface area (Å²) in [7, 11) is 0. The quantitative estimate of drug-likeness (QED) is 0.140. The van der Waals surface area contributed by atoms with Gasteiger partial charge < -0.3 is 52.5 Å². The van der Waals surface area contributed by atoms with Crippen LogP contribution in [0.4, 0.5) is 62.6 Å². The molecule has 112 heavy (non-hydrogen) atoms. The van der Waals surface area contributed by atoms with E-state index in [1.54, 1.807) is 0 Å². The molecule has 6 aliphatic heterocycles. The first-order valence-corrected chi connectivity index (χ1v) is 38.5. The Labute approximate surface area is 648 Å². The number of anilines is 11. The summed E-state index contributed by atoms with van der Waals surface area (Å²) >= 11 is 0. The Morgan fingerprint density at radius 1 is 0.259 bits per heavy atom. The number of nitrogens with zero attached hydrogens (tertiary/aromatic N) is 3. The molecule has 0 saturated carbocycles. The molecule has 532 valence electrons. The van der Waals surface area contributed by atoms with Gasteiger partial charge in [0.2, 0.25) is 0 Å². The molecule has 0 radical (unpaired) electrons. The van der Waals surface area contributed by atoms with Crippen LogP contribution in [0, 0.1) is 0 Å². The lowest BCUT2D eigenvalue weighted by atomic mass is 9.30. The van der Waals surface area contributed by atoms with Crippen molar-refractivity contribution in [3.05, 3.63) is 314 Å². The molecule has 0 spiro atoms. The van der Waals surface area contributed by atoms with Crippen LogP contribution in [0.3, 0.4) is 0 Å². The van der Waals surface area contributed by atoms with Crippen molar-refractivity contribution in [1.82, 2.24) is 0 Å². The summed E-state index contributed by atoms with van der Waals surface area (Å²) in [6.07, 6.45) is 0. The summed E-state index contributed by atoms with van der Waals surface area (Å²) < 4.78 is 52.1. The van der Waals surface area contributed by atoms with Crippen LogP contribution in [0.2, 0.25) is 0 Å². The predicted octanol–water partition coefficient (Wildman–Crippen LogP) is 20.6. The maximum atomic E-state index is 7.66. The first-order valence-electron chi connectivity index (χ1n) is 38.5. The van der Waals surface area contributed by atoms with Gasteiger partial charge in [0.1, 0.15) is 79.8 Å². The molecule has 2 aromatic heterocycles. The molecule has 17 aromatic rings. The molecule has 0 saturated heterocycles. The summed E-state index contributed by atoms with van der Waals surface area (Å²) in [5.74, 6) is 7.07. The minimum Gasteiger partial charge on any atom is -0.458 e. The zero-order valence-corrected chi connectivity index (χ0v) is 62.3. The minimum absolute atomic E-state index is 0.198. The monoisotopic (exact) mass is 1450 g/mol. The topological polar surface area (TPSA) is 94.2 Å². The first kappa shape index (κ1) is 64.3. The molecule has 8 heterocycles. The van der Waals surface area contributed by atoms with E-state index in [9.17, 15) is 0 Å². The van der Waals surface area contributed by atoms with Gasteiger partial charge in [-0.25, -0.2) is 0 Å². The van der Waals surface area contributed by atoms with Crippen molar-refractivity contribution in [1.29, 1.82) is 0 Å².